The van der Waals surface area contributed by atoms with Crippen LogP contribution >= 0.6 is 11.8 Å². The first-order valence-electron chi connectivity index (χ1n) is 7.18. The predicted molar refractivity (Wildman–Crippen MR) is 84.4 cm³/mol. The zero-order valence-corrected chi connectivity index (χ0v) is 13.0. The molecule has 2 unspecified atom stereocenters. The second-order valence-corrected chi connectivity index (χ2v) is 6.85. The van der Waals surface area contributed by atoms with E-state index >= 15 is 0 Å². The average Bonchev–Trinajstić information content (AvgIpc) is 3.02. The Bertz CT molecular complexity index is 670. The lowest BCUT2D eigenvalue weighted by molar-refractivity contribution is -0.0328. The number of nitrogens with zero attached hydrogens (tertiary/aromatic N) is 1. The van der Waals surface area contributed by atoms with Gasteiger partial charge in [0.15, 0.2) is 0 Å². The Hall–Kier alpha value is -1.08. The van der Waals surface area contributed by atoms with Crippen molar-refractivity contribution in [1.29, 1.82) is 0 Å². The minimum absolute atomic E-state index is 0.0929. The van der Waals surface area contributed by atoms with Gasteiger partial charge in [-0.25, -0.2) is 0 Å². The van der Waals surface area contributed by atoms with Crippen LogP contribution in [0.25, 0.3) is 10.9 Å². The summed E-state index contributed by atoms with van der Waals surface area (Å²) < 4.78 is 37.6. The number of halogens is 3. The van der Waals surface area contributed by atoms with E-state index in [0.29, 0.717) is 0 Å². The van der Waals surface area contributed by atoms with Gasteiger partial charge in [0.2, 0.25) is 0 Å². The maximum atomic E-state index is 12.5. The van der Waals surface area contributed by atoms with Gasteiger partial charge in [-0.3, -0.25) is 0 Å². The van der Waals surface area contributed by atoms with Crippen LogP contribution in [0.15, 0.2) is 29.3 Å². The van der Waals surface area contributed by atoms with Crippen LogP contribution in [0.5, 0.6) is 0 Å². The topological polar surface area (TPSA) is 19.0 Å². The van der Waals surface area contributed by atoms with E-state index in [4.69, 9.17) is 7.85 Å². The number of thioether (sulfide) groups is 1. The van der Waals surface area contributed by atoms with Gasteiger partial charge in [0, 0.05) is 28.0 Å². The van der Waals surface area contributed by atoms with Gasteiger partial charge < -0.3 is 9.88 Å². The van der Waals surface area contributed by atoms with Gasteiger partial charge >= 0.3 is 5.51 Å². The number of aromatic amines is 1. The Morgan fingerprint density at radius 1 is 1.41 bits per heavy atom. The maximum Gasteiger partial charge on any atom is 0.446 e. The third-order valence-corrected chi connectivity index (χ3v) is 4.99. The molecule has 1 aliphatic rings. The molecule has 1 saturated heterocycles. The van der Waals surface area contributed by atoms with Crippen molar-refractivity contribution in [3.63, 3.8) is 0 Å². The van der Waals surface area contributed by atoms with Crippen molar-refractivity contribution in [2.75, 3.05) is 13.6 Å². The van der Waals surface area contributed by atoms with E-state index in [1.54, 1.807) is 12.1 Å². The first-order chi connectivity index (χ1) is 10.3. The molecule has 0 amide bonds. The fraction of sp³-hybridized carbons (Fsp3) is 0.467. The van der Waals surface area contributed by atoms with Crippen LogP contribution in [0.1, 0.15) is 24.2 Å². The van der Waals surface area contributed by atoms with E-state index in [1.807, 2.05) is 13.2 Å². The standard InChI is InChI=1S/C15H16BF3N2S/c1-21-6-2-3-13(21)14(16)11-8-20-12-5-4-9(7-10(11)12)22-15(17,18)19/h4-5,7-8,13-14,20H,2-3,6H2,1H3. The quantitative estimate of drug-likeness (QED) is 0.678. The van der Waals surface area contributed by atoms with Crippen LogP contribution in [-0.4, -0.2) is 42.9 Å². The molecule has 3 rings (SSSR count). The molecule has 116 valence electrons. The number of likely N-dealkylation sites (N-methyl/N-ethyl adjacent to an activating group) is 1. The molecule has 1 aliphatic heterocycles. The van der Waals surface area contributed by atoms with E-state index in [1.165, 1.54) is 6.07 Å². The van der Waals surface area contributed by atoms with Crippen molar-refractivity contribution in [3.8, 4) is 0 Å². The molecule has 0 saturated carbocycles. The Labute approximate surface area is 132 Å². The highest BCUT2D eigenvalue weighted by molar-refractivity contribution is 8.00. The predicted octanol–water partition coefficient (Wildman–Crippen LogP) is 4.08. The van der Waals surface area contributed by atoms with Crippen molar-refractivity contribution < 1.29 is 13.2 Å². The number of hydrogen-bond donors (Lipinski definition) is 1. The van der Waals surface area contributed by atoms with E-state index in [9.17, 15) is 13.2 Å². The Balaban J connectivity index is 1.94. The highest BCUT2D eigenvalue weighted by Crippen LogP contribution is 2.39. The van der Waals surface area contributed by atoms with Crippen LogP contribution in [0, 0.1) is 0 Å². The Morgan fingerprint density at radius 3 is 2.82 bits per heavy atom. The highest BCUT2D eigenvalue weighted by atomic mass is 32.2. The SMILES string of the molecule is [B]C(c1c[nH]c2ccc(SC(F)(F)F)cc12)C1CCCN1C. The van der Waals surface area contributed by atoms with Gasteiger partial charge in [0.1, 0.15) is 0 Å². The minimum atomic E-state index is -4.28. The number of rotatable bonds is 3. The van der Waals surface area contributed by atoms with E-state index < -0.39 is 5.51 Å². The number of fused-ring (bicyclic) bond motifs is 1. The zero-order valence-electron chi connectivity index (χ0n) is 12.2. The summed E-state index contributed by atoms with van der Waals surface area (Å²) in [6, 6.07) is 4.97. The lowest BCUT2D eigenvalue weighted by atomic mass is 9.74. The molecule has 1 aromatic carbocycles. The van der Waals surface area contributed by atoms with Crippen LogP contribution in [0.4, 0.5) is 13.2 Å². The minimum Gasteiger partial charge on any atom is -0.361 e. The molecule has 2 aromatic rings. The summed E-state index contributed by atoms with van der Waals surface area (Å²) >= 11 is -0.0929. The molecule has 0 spiro atoms. The number of benzene rings is 1. The molecule has 0 bridgehead atoms. The lowest BCUT2D eigenvalue weighted by Crippen LogP contribution is -2.31. The summed E-state index contributed by atoms with van der Waals surface area (Å²) in [6.45, 7) is 1.01. The summed E-state index contributed by atoms with van der Waals surface area (Å²) in [6.07, 6.45) is 3.94. The van der Waals surface area contributed by atoms with Crippen LogP contribution in [0.3, 0.4) is 0 Å². The highest BCUT2D eigenvalue weighted by Gasteiger charge is 2.30. The van der Waals surface area contributed by atoms with Gasteiger partial charge in [-0.1, -0.05) is 0 Å². The molecule has 1 fully saturated rings. The van der Waals surface area contributed by atoms with Crippen molar-refractivity contribution in [2.24, 2.45) is 0 Å². The first kappa shape index (κ1) is 15.8. The molecular formula is C15H16BF3N2S. The number of hydrogen-bond acceptors (Lipinski definition) is 2. The summed E-state index contributed by atoms with van der Waals surface area (Å²) in [5.41, 5.74) is -2.58. The molecule has 0 aliphatic carbocycles. The van der Waals surface area contributed by atoms with E-state index in [0.717, 1.165) is 35.9 Å². The molecule has 22 heavy (non-hydrogen) atoms. The van der Waals surface area contributed by atoms with E-state index in [-0.39, 0.29) is 28.5 Å². The molecule has 2 nitrogen and oxygen atoms in total. The molecule has 2 atom stereocenters. The third-order valence-electron chi connectivity index (χ3n) is 4.27. The van der Waals surface area contributed by atoms with Gasteiger partial charge in [-0.05, 0) is 67.8 Å². The van der Waals surface area contributed by atoms with Crippen molar-refractivity contribution >= 4 is 30.5 Å². The summed E-state index contributed by atoms with van der Waals surface area (Å²) in [5, 5.41) is 0.780. The number of nitrogens with one attached hydrogen (secondary N) is 1. The smallest absolute Gasteiger partial charge is 0.361 e. The normalized spacial score (nSPS) is 21.5. The number of likely N-dealkylation sites (tertiary alicyclic amines) is 1. The summed E-state index contributed by atoms with van der Waals surface area (Å²) in [7, 11) is 8.43. The molecule has 2 heterocycles. The van der Waals surface area contributed by atoms with Crippen molar-refractivity contribution in [1.82, 2.24) is 9.88 Å². The monoisotopic (exact) mass is 324 g/mol. The molecule has 1 N–H and O–H groups in total. The van der Waals surface area contributed by atoms with Crippen molar-refractivity contribution in [3.05, 3.63) is 30.0 Å². The van der Waals surface area contributed by atoms with Crippen LogP contribution in [-0.2, 0) is 0 Å². The fourth-order valence-corrected chi connectivity index (χ4v) is 3.77. The zero-order chi connectivity index (χ0) is 15.9. The average molecular weight is 324 g/mol. The maximum absolute atomic E-state index is 12.5. The van der Waals surface area contributed by atoms with Crippen molar-refractivity contribution in [2.45, 2.75) is 35.1 Å². The largest absolute Gasteiger partial charge is 0.446 e. The first-order valence-corrected chi connectivity index (χ1v) is 7.99. The number of aromatic nitrogens is 1. The Kier molecular flexibility index (Phi) is 4.20. The summed E-state index contributed by atoms with van der Waals surface area (Å²) in [5.74, 6) is -0.201. The molecular weight excluding hydrogens is 308 g/mol. The third kappa shape index (κ3) is 3.15. The lowest BCUT2D eigenvalue weighted by Gasteiger charge is -2.26. The molecule has 2 radical (unpaired) electrons. The summed E-state index contributed by atoms with van der Waals surface area (Å²) in [4.78, 5) is 5.52. The second kappa shape index (κ2) is 5.85. The Morgan fingerprint density at radius 2 is 2.18 bits per heavy atom. The second-order valence-electron chi connectivity index (χ2n) is 5.72. The van der Waals surface area contributed by atoms with E-state index in [2.05, 4.69) is 9.88 Å². The van der Waals surface area contributed by atoms with Gasteiger partial charge in [-0.15, -0.1) is 0 Å². The van der Waals surface area contributed by atoms with Crippen LogP contribution < -0.4 is 0 Å². The number of alkyl halides is 3. The fourth-order valence-electron chi connectivity index (χ4n) is 3.19. The number of H-pyrrole nitrogens is 1. The molecule has 1 aromatic heterocycles. The van der Waals surface area contributed by atoms with Crippen LogP contribution in [0.2, 0.25) is 0 Å². The van der Waals surface area contributed by atoms with Gasteiger partial charge in [0.25, 0.3) is 0 Å². The molecule has 7 heteroatoms. The van der Waals surface area contributed by atoms with Gasteiger partial charge in [-0.2, -0.15) is 13.2 Å². The van der Waals surface area contributed by atoms with Gasteiger partial charge in [0.05, 0.1) is 7.85 Å².